The first-order valence-electron chi connectivity index (χ1n) is 3.91. The zero-order valence-corrected chi connectivity index (χ0v) is 17.8. The minimum Gasteiger partial charge on any atom is -0.756 e. The van der Waals surface area contributed by atoms with E-state index in [1.54, 1.807) is 0 Å². The van der Waals surface area contributed by atoms with E-state index in [9.17, 15) is 9.46 Å². The Labute approximate surface area is 151 Å². The van der Waals surface area contributed by atoms with Gasteiger partial charge in [0.1, 0.15) is 0 Å². The first-order valence-corrected chi connectivity index (χ1v) is 9.45. The second kappa shape index (κ2) is 11.8. The molecule has 0 heterocycles. The topological polar surface area (TPSA) is 58.6 Å². The fourth-order valence-corrected chi connectivity index (χ4v) is 2.32. The van der Waals surface area contributed by atoms with Crippen LogP contribution in [0.2, 0.25) is 0 Å². The van der Waals surface area contributed by atoms with Gasteiger partial charge in [0, 0.05) is 20.3 Å². The number of hydrogen-bond donors (Lipinski definition) is 0. The van der Waals surface area contributed by atoms with Gasteiger partial charge in [0.05, 0.1) is 13.2 Å². The van der Waals surface area contributed by atoms with Crippen molar-refractivity contribution < 1.29 is 48.1 Å². The maximum atomic E-state index is 11.2. The van der Waals surface area contributed by atoms with Gasteiger partial charge in [0.25, 0.3) is 7.82 Å². The van der Waals surface area contributed by atoms with E-state index < -0.39 is 7.82 Å². The fraction of sp³-hybridized carbons (Fsp3) is 1.00. The molecule has 0 spiro atoms. The molecule has 0 aromatic heterocycles. The summed E-state index contributed by atoms with van der Waals surface area (Å²) in [6, 6.07) is 0. The summed E-state index contributed by atoms with van der Waals surface area (Å²) in [5.74, 6) is 0. The summed E-state index contributed by atoms with van der Waals surface area (Å²) in [5, 5.41) is 1.21. The van der Waals surface area contributed by atoms with Gasteiger partial charge < -0.3 is 13.9 Å². The first-order chi connectivity index (χ1) is 6.91. The predicted octanol–water partition coefficient (Wildman–Crippen LogP) is -0.191. The van der Waals surface area contributed by atoms with Crippen LogP contribution in [-0.2, 0) is 13.6 Å². The van der Waals surface area contributed by atoms with Crippen LogP contribution in [0, 0.1) is 0 Å². The van der Waals surface area contributed by atoms with Crippen molar-refractivity contribution >= 4 is 71.5 Å². The van der Waals surface area contributed by atoms with Crippen LogP contribution < -0.4 is 34.5 Å². The molecule has 0 aromatic rings. The molecule has 0 saturated carbocycles. The van der Waals surface area contributed by atoms with Gasteiger partial charge in [-0.2, -0.15) is 0 Å². The van der Waals surface area contributed by atoms with Crippen LogP contribution in [0.3, 0.4) is 0 Å². The molecule has 2 unspecified atom stereocenters. The van der Waals surface area contributed by atoms with Gasteiger partial charge in [-0.3, -0.25) is 4.57 Å². The summed E-state index contributed by atoms with van der Waals surface area (Å²) >= 11 is 12.8. The molecular weight excluding hydrogens is 510 g/mol. The van der Waals surface area contributed by atoms with Crippen LogP contribution in [-0.4, -0.2) is 33.5 Å². The number of alkyl halides is 4. The number of hydrogen-bond acceptors (Lipinski definition) is 4. The Kier molecular flexibility index (Phi) is 15.8. The van der Waals surface area contributed by atoms with E-state index in [1.165, 1.54) is 0 Å². The average Bonchev–Trinajstić information content (AvgIpc) is 2.22. The Balaban J connectivity index is 0. The number of phosphoric acid groups is 1. The van der Waals surface area contributed by atoms with Gasteiger partial charge in [-0.15, -0.1) is 0 Å². The maximum absolute atomic E-state index is 11.2. The SMILES string of the molecule is O=P([O-])(OCC(Br)CBr)OCC(Br)CBr.[Na+]. The minimum atomic E-state index is -4.18. The zero-order chi connectivity index (χ0) is 11.9. The van der Waals surface area contributed by atoms with Crippen molar-refractivity contribution in [3.8, 4) is 0 Å². The van der Waals surface area contributed by atoms with Crippen molar-refractivity contribution in [1.82, 2.24) is 0 Å². The molecule has 2 atom stereocenters. The van der Waals surface area contributed by atoms with Crippen LogP contribution in [0.4, 0.5) is 0 Å². The van der Waals surface area contributed by atoms with Crippen LogP contribution in [0.15, 0.2) is 0 Å². The number of rotatable bonds is 8. The van der Waals surface area contributed by atoms with Crippen molar-refractivity contribution in [3.05, 3.63) is 0 Å². The molecule has 0 aliphatic rings. The van der Waals surface area contributed by atoms with E-state index in [2.05, 4.69) is 72.8 Å². The summed E-state index contributed by atoms with van der Waals surface area (Å²) < 4.78 is 20.5. The van der Waals surface area contributed by atoms with Crippen LogP contribution in [0.1, 0.15) is 0 Å². The zero-order valence-electron chi connectivity index (χ0n) is 8.58. The van der Waals surface area contributed by atoms with Gasteiger partial charge in [0.15, 0.2) is 0 Å². The molecule has 0 fully saturated rings. The largest absolute Gasteiger partial charge is 1.00 e. The summed E-state index contributed by atoms with van der Waals surface area (Å²) in [7, 11) is -4.18. The monoisotopic (exact) mass is 516 g/mol. The Hall–Kier alpha value is 3.03. The van der Waals surface area contributed by atoms with Gasteiger partial charge >= 0.3 is 29.6 Å². The number of halogens is 4. The molecule has 0 aliphatic carbocycles. The van der Waals surface area contributed by atoms with Crippen molar-refractivity contribution in [2.75, 3.05) is 23.9 Å². The third-order valence-corrected chi connectivity index (χ3v) is 6.57. The Morgan fingerprint density at radius 3 is 1.62 bits per heavy atom. The van der Waals surface area contributed by atoms with Crippen molar-refractivity contribution in [2.24, 2.45) is 0 Å². The second-order valence-corrected chi connectivity index (χ2v) is 7.84. The standard InChI is InChI=1S/C6H11Br4O4P.Na/c7-1-5(9)3-13-15(11,12)14-4-6(10)2-8;/h5-6H,1-4H2,(H,11,12);/q;+1/p-1. The minimum absolute atomic E-state index is 0. The molecule has 0 rings (SSSR count). The summed E-state index contributed by atoms with van der Waals surface area (Å²) in [5.41, 5.74) is 0. The predicted molar refractivity (Wildman–Crippen MR) is 72.5 cm³/mol. The molecule has 0 radical (unpaired) electrons. The van der Waals surface area contributed by atoms with E-state index in [0.717, 1.165) is 0 Å². The first kappa shape index (κ1) is 21.3. The van der Waals surface area contributed by atoms with Crippen LogP contribution in [0.5, 0.6) is 0 Å². The Bertz CT molecular complexity index is 205. The van der Waals surface area contributed by atoms with Gasteiger partial charge in [-0.1, -0.05) is 63.7 Å². The van der Waals surface area contributed by atoms with Crippen LogP contribution >= 0.6 is 71.5 Å². The molecule has 0 N–H and O–H groups in total. The molecule has 0 aromatic carbocycles. The molecule has 0 amide bonds. The quantitative estimate of drug-likeness (QED) is 0.254. The molecule has 10 heteroatoms. The third-order valence-electron chi connectivity index (χ3n) is 1.16. The van der Waals surface area contributed by atoms with Gasteiger partial charge in [0.2, 0.25) is 0 Å². The Morgan fingerprint density at radius 2 is 1.38 bits per heavy atom. The molecule has 0 bridgehead atoms. The summed E-state index contributed by atoms with van der Waals surface area (Å²) in [4.78, 5) is 11.1. The molecule has 0 saturated heterocycles. The maximum Gasteiger partial charge on any atom is 1.00 e. The van der Waals surface area contributed by atoms with Gasteiger partial charge in [-0.25, -0.2) is 0 Å². The molecular formula is C6H10Br4NaO4P. The Morgan fingerprint density at radius 1 is 1.06 bits per heavy atom. The van der Waals surface area contributed by atoms with E-state index >= 15 is 0 Å². The van der Waals surface area contributed by atoms with Crippen LogP contribution in [0.25, 0.3) is 0 Å². The number of phosphoric ester groups is 1. The van der Waals surface area contributed by atoms with E-state index in [-0.39, 0.29) is 52.4 Å². The van der Waals surface area contributed by atoms with E-state index in [1.807, 2.05) is 0 Å². The van der Waals surface area contributed by atoms with E-state index in [4.69, 9.17) is 0 Å². The van der Waals surface area contributed by atoms with Gasteiger partial charge in [-0.05, 0) is 0 Å². The van der Waals surface area contributed by atoms with Crippen molar-refractivity contribution in [3.63, 3.8) is 0 Å². The molecule has 92 valence electrons. The molecule has 4 nitrogen and oxygen atoms in total. The molecule has 16 heavy (non-hydrogen) atoms. The second-order valence-electron chi connectivity index (χ2n) is 2.54. The summed E-state index contributed by atoms with van der Waals surface area (Å²) in [6.45, 7) is 0.0978. The normalized spacial score (nSPS) is 18.3. The van der Waals surface area contributed by atoms with E-state index in [0.29, 0.717) is 10.7 Å². The summed E-state index contributed by atoms with van der Waals surface area (Å²) in [6.07, 6.45) is 0. The van der Waals surface area contributed by atoms with Crippen molar-refractivity contribution in [1.29, 1.82) is 0 Å². The third kappa shape index (κ3) is 12.1. The average molecular weight is 520 g/mol. The smallest absolute Gasteiger partial charge is 0.756 e. The molecule has 0 aliphatic heterocycles. The van der Waals surface area contributed by atoms with Crippen molar-refractivity contribution in [2.45, 2.75) is 9.65 Å². The fourth-order valence-electron chi connectivity index (χ4n) is 0.471.